The highest BCUT2D eigenvalue weighted by Crippen LogP contribution is 2.32. The van der Waals surface area contributed by atoms with Crippen LogP contribution in [0.2, 0.25) is 0 Å². The Bertz CT molecular complexity index is 527. The van der Waals surface area contributed by atoms with Crippen molar-refractivity contribution in [1.82, 2.24) is 5.32 Å². The zero-order valence-corrected chi connectivity index (χ0v) is 10.6. The van der Waals surface area contributed by atoms with E-state index < -0.39 is 17.8 Å². The number of hydrogen-bond acceptors (Lipinski definition) is 2. The Kier molecular flexibility index (Phi) is 3.98. The molecule has 20 heavy (non-hydrogen) atoms. The fourth-order valence-electron chi connectivity index (χ4n) is 1.91. The molecule has 3 nitrogen and oxygen atoms in total. The van der Waals surface area contributed by atoms with Crippen molar-refractivity contribution in [2.24, 2.45) is 5.92 Å². The molecule has 1 aromatic carbocycles. The summed E-state index contributed by atoms with van der Waals surface area (Å²) in [6.07, 6.45) is -2.54. The van der Waals surface area contributed by atoms with Gasteiger partial charge in [-0.2, -0.15) is 18.4 Å². The molecule has 1 fully saturated rings. The maximum atomic E-state index is 12.4. The highest BCUT2D eigenvalue weighted by molar-refractivity contribution is 5.79. The number of amides is 1. The highest BCUT2D eigenvalue weighted by atomic mass is 19.4. The van der Waals surface area contributed by atoms with Crippen molar-refractivity contribution in [2.75, 3.05) is 0 Å². The largest absolute Gasteiger partial charge is 0.416 e. The van der Waals surface area contributed by atoms with E-state index in [2.05, 4.69) is 5.32 Å². The number of carbonyl (C=O) groups excluding carboxylic acids is 1. The Morgan fingerprint density at radius 3 is 2.40 bits per heavy atom. The average molecular weight is 282 g/mol. The van der Waals surface area contributed by atoms with E-state index in [1.54, 1.807) is 0 Å². The second-order valence-electron chi connectivity index (χ2n) is 4.88. The molecule has 1 saturated carbocycles. The summed E-state index contributed by atoms with van der Waals surface area (Å²) in [6.45, 7) is 0. The number of nitrogens with one attached hydrogen (secondary N) is 1. The molecule has 1 aliphatic rings. The van der Waals surface area contributed by atoms with Crippen LogP contribution in [0.25, 0.3) is 0 Å². The van der Waals surface area contributed by atoms with Gasteiger partial charge in [-0.1, -0.05) is 12.1 Å². The third-order valence-corrected chi connectivity index (χ3v) is 3.19. The molecule has 2 rings (SSSR count). The highest BCUT2D eigenvalue weighted by Gasteiger charge is 2.32. The molecule has 0 bridgehead atoms. The normalized spacial score (nSPS) is 16.3. The first kappa shape index (κ1) is 14.4. The van der Waals surface area contributed by atoms with Crippen LogP contribution >= 0.6 is 0 Å². The SMILES string of the molecule is N#CC(NC(=O)Cc1ccc(C(F)(F)F)cc1)C1CC1. The predicted octanol–water partition coefficient (Wildman–Crippen LogP) is 2.67. The summed E-state index contributed by atoms with van der Waals surface area (Å²) in [5, 5.41) is 11.5. The van der Waals surface area contributed by atoms with Gasteiger partial charge in [0.15, 0.2) is 0 Å². The third kappa shape index (κ3) is 3.73. The molecule has 0 aromatic heterocycles. The van der Waals surface area contributed by atoms with E-state index in [1.165, 1.54) is 12.1 Å². The molecule has 0 aliphatic heterocycles. The van der Waals surface area contributed by atoms with Crippen LogP contribution in [-0.4, -0.2) is 11.9 Å². The minimum Gasteiger partial charge on any atom is -0.340 e. The summed E-state index contributed by atoms with van der Waals surface area (Å²) in [5.74, 6) is -0.125. The number of carbonyl (C=O) groups is 1. The third-order valence-electron chi connectivity index (χ3n) is 3.19. The number of rotatable bonds is 4. The lowest BCUT2D eigenvalue weighted by Gasteiger charge is -2.11. The Labute approximate surface area is 114 Å². The van der Waals surface area contributed by atoms with Gasteiger partial charge in [0.1, 0.15) is 6.04 Å². The van der Waals surface area contributed by atoms with Gasteiger partial charge in [-0.3, -0.25) is 4.79 Å². The van der Waals surface area contributed by atoms with Crippen molar-refractivity contribution in [3.05, 3.63) is 35.4 Å². The summed E-state index contributed by atoms with van der Waals surface area (Å²) in [7, 11) is 0. The molecule has 1 unspecified atom stereocenters. The molecule has 0 spiro atoms. The van der Waals surface area contributed by atoms with Gasteiger partial charge in [0.2, 0.25) is 5.91 Å². The van der Waals surface area contributed by atoms with Crippen LogP contribution in [0.1, 0.15) is 24.0 Å². The number of benzene rings is 1. The molecule has 0 saturated heterocycles. The van der Waals surface area contributed by atoms with Crippen LogP contribution in [0, 0.1) is 17.2 Å². The minimum absolute atomic E-state index is 0.0248. The van der Waals surface area contributed by atoms with Crippen molar-refractivity contribution in [3.63, 3.8) is 0 Å². The Hall–Kier alpha value is -2.03. The van der Waals surface area contributed by atoms with E-state index in [-0.39, 0.29) is 18.2 Å². The van der Waals surface area contributed by atoms with Gasteiger partial charge in [0.25, 0.3) is 0 Å². The minimum atomic E-state index is -4.38. The fraction of sp³-hybridized carbons (Fsp3) is 0.429. The molecule has 1 aliphatic carbocycles. The number of halogens is 3. The summed E-state index contributed by atoms with van der Waals surface area (Å²) in [5.41, 5.74) is -0.252. The topological polar surface area (TPSA) is 52.9 Å². The molecule has 1 aromatic rings. The van der Waals surface area contributed by atoms with Gasteiger partial charge in [0, 0.05) is 0 Å². The zero-order valence-electron chi connectivity index (χ0n) is 10.6. The van der Waals surface area contributed by atoms with Crippen molar-refractivity contribution < 1.29 is 18.0 Å². The fourth-order valence-corrected chi connectivity index (χ4v) is 1.91. The molecular weight excluding hydrogens is 269 g/mol. The molecule has 6 heteroatoms. The van der Waals surface area contributed by atoms with Crippen molar-refractivity contribution in [2.45, 2.75) is 31.5 Å². The molecule has 1 atom stereocenters. The van der Waals surface area contributed by atoms with E-state index in [4.69, 9.17) is 5.26 Å². The first-order chi connectivity index (χ1) is 9.40. The molecular formula is C14H13F3N2O. The van der Waals surface area contributed by atoms with Gasteiger partial charge in [-0.15, -0.1) is 0 Å². The zero-order chi connectivity index (χ0) is 14.8. The van der Waals surface area contributed by atoms with E-state index in [1.807, 2.05) is 6.07 Å². The smallest absolute Gasteiger partial charge is 0.340 e. The standard InChI is InChI=1S/C14H13F3N2O/c15-14(16,17)11-5-1-9(2-6-11)7-13(20)19-12(8-18)10-3-4-10/h1-2,5-6,10,12H,3-4,7H2,(H,19,20). The summed E-state index contributed by atoms with van der Waals surface area (Å²) >= 11 is 0. The van der Waals surface area contributed by atoms with Crippen LogP contribution in [-0.2, 0) is 17.4 Å². The molecule has 0 radical (unpaired) electrons. The van der Waals surface area contributed by atoms with Gasteiger partial charge in [-0.25, -0.2) is 0 Å². The molecule has 1 N–H and O–H groups in total. The van der Waals surface area contributed by atoms with Crippen molar-refractivity contribution in [1.29, 1.82) is 5.26 Å². The summed E-state index contributed by atoms with van der Waals surface area (Å²) in [6, 6.07) is 6.00. The van der Waals surface area contributed by atoms with Gasteiger partial charge < -0.3 is 5.32 Å². The van der Waals surface area contributed by atoms with Gasteiger partial charge in [-0.05, 0) is 36.5 Å². The van der Waals surface area contributed by atoms with Gasteiger partial charge in [0.05, 0.1) is 18.1 Å². The first-order valence-corrected chi connectivity index (χ1v) is 6.25. The lowest BCUT2D eigenvalue weighted by molar-refractivity contribution is -0.137. The maximum Gasteiger partial charge on any atom is 0.416 e. The lowest BCUT2D eigenvalue weighted by Crippen LogP contribution is -2.36. The molecule has 106 valence electrons. The number of hydrogen-bond donors (Lipinski definition) is 1. The quantitative estimate of drug-likeness (QED) is 0.923. The van der Waals surface area contributed by atoms with Crippen LogP contribution in [0.5, 0.6) is 0 Å². The van der Waals surface area contributed by atoms with Crippen molar-refractivity contribution in [3.8, 4) is 6.07 Å². The van der Waals surface area contributed by atoms with Crippen LogP contribution < -0.4 is 5.32 Å². The van der Waals surface area contributed by atoms with Crippen LogP contribution in [0.15, 0.2) is 24.3 Å². The van der Waals surface area contributed by atoms with E-state index >= 15 is 0 Å². The first-order valence-electron chi connectivity index (χ1n) is 6.25. The number of alkyl halides is 3. The lowest BCUT2D eigenvalue weighted by atomic mass is 10.1. The second-order valence-corrected chi connectivity index (χ2v) is 4.88. The Morgan fingerprint density at radius 2 is 1.95 bits per heavy atom. The second kappa shape index (κ2) is 5.53. The van der Waals surface area contributed by atoms with E-state index in [0.717, 1.165) is 25.0 Å². The average Bonchev–Trinajstić information content (AvgIpc) is 3.19. The molecule has 0 heterocycles. The number of nitriles is 1. The molecule has 1 amide bonds. The van der Waals surface area contributed by atoms with E-state index in [0.29, 0.717) is 5.56 Å². The summed E-state index contributed by atoms with van der Waals surface area (Å²) in [4.78, 5) is 11.7. The Morgan fingerprint density at radius 1 is 1.35 bits per heavy atom. The summed E-state index contributed by atoms with van der Waals surface area (Å²) < 4.78 is 37.1. The monoisotopic (exact) mass is 282 g/mol. The van der Waals surface area contributed by atoms with Crippen LogP contribution in [0.4, 0.5) is 13.2 Å². The van der Waals surface area contributed by atoms with E-state index in [9.17, 15) is 18.0 Å². The van der Waals surface area contributed by atoms with Gasteiger partial charge >= 0.3 is 6.18 Å². The van der Waals surface area contributed by atoms with Crippen molar-refractivity contribution >= 4 is 5.91 Å². The predicted molar refractivity (Wildman–Crippen MR) is 65.4 cm³/mol. The van der Waals surface area contributed by atoms with Crippen LogP contribution in [0.3, 0.4) is 0 Å². The number of nitrogens with zero attached hydrogens (tertiary/aromatic N) is 1. The Balaban J connectivity index is 1.93. The maximum absolute atomic E-state index is 12.4.